The first-order valence-electron chi connectivity index (χ1n) is 7.31. The second kappa shape index (κ2) is 5.60. The Morgan fingerprint density at radius 3 is 2.73 bits per heavy atom. The summed E-state index contributed by atoms with van der Waals surface area (Å²) in [7, 11) is 0. The monoisotopic (exact) mass is 294 g/mol. The molecular weight excluding hydrogens is 276 g/mol. The van der Waals surface area contributed by atoms with Crippen molar-refractivity contribution in [3.05, 3.63) is 59.2 Å². The zero-order chi connectivity index (χ0) is 15.7. The molecule has 3 heterocycles. The minimum absolute atomic E-state index is 0.184. The van der Waals surface area contributed by atoms with E-state index in [2.05, 4.69) is 15.3 Å². The van der Waals surface area contributed by atoms with E-state index in [0.717, 1.165) is 22.5 Å². The third kappa shape index (κ3) is 2.35. The number of imidazole rings is 1. The molecule has 0 aromatic carbocycles. The molecule has 0 aliphatic rings. The van der Waals surface area contributed by atoms with E-state index in [4.69, 9.17) is 0 Å². The van der Waals surface area contributed by atoms with Crippen LogP contribution in [0.4, 0.5) is 5.82 Å². The van der Waals surface area contributed by atoms with Crippen LogP contribution in [0.3, 0.4) is 0 Å². The topological polar surface area (TPSA) is 59.3 Å². The molecule has 0 atom stereocenters. The van der Waals surface area contributed by atoms with Crippen LogP contribution in [-0.2, 0) is 6.42 Å². The Labute approximate surface area is 129 Å². The van der Waals surface area contributed by atoms with E-state index in [1.807, 2.05) is 55.6 Å². The number of rotatable bonds is 3. The summed E-state index contributed by atoms with van der Waals surface area (Å²) < 4.78 is 1.85. The maximum atomic E-state index is 12.7. The molecule has 5 heteroatoms. The largest absolute Gasteiger partial charge is 0.305 e. The van der Waals surface area contributed by atoms with Crippen molar-refractivity contribution >= 4 is 17.4 Å². The number of anilines is 1. The smallest absolute Gasteiger partial charge is 0.275 e. The van der Waals surface area contributed by atoms with Gasteiger partial charge in [0.25, 0.3) is 5.91 Å². The SMILES string of the molecule is CCc1nc2c(C)cccn2c1C(=O)Nc1ncccc1C. The van der Waals surface area contributed by atoms with Crippen molar-refractivity contribution in [2.75, 3.05) is 5.32 Å². The number of pyridine rings is 2. The van der Waals surface area contributed by atoms with Crippen LogP contribution in [0.5, 0.6) is 0 Å². The molecule has 5 nitrogen and oxygen atoms in total. The maximum absolute atomic E-state index is 12.7. The van der Waals surface area contributed by atoms with Gasteiger partial charge in [-0.1, -0.05) is 19.1 Å². The molecule has 3 aromatic rings. The van der Waals surface area contributed by atoms with Gasteiger partial charge in [0.2, 0.25) is 0 Å². The molecule has 3 aromatic heterocycles. The van der Waals surface area contributed by atoms with E-state index in [1.54, 1.807) is 6.20 Å². The third-order valence-corrected chi connectivity index (χ3v) is 3.71. The molecule has 1 amide bonds. The number of amides is 1. The molecule has 3 rings (SSSR count). The lowest BCUT2D eigenvalue weighted by atomic mass is 10.2. The molecule has 0 unspecified atom stereocenters. The fraction of sp³-hybridized carbons (Fsp3) is 0.235. The average molecular weight is 294 g/mol. The molecule has 0 saturated carbocycles. The summed E-state index contributed by atoms with van der Waals surface area (Å²) in [5.41, 5.74) is 4.16. The molecule has 0 radical (unpaired) electrons. The van der Waals surface area contributed by atoms with Gasteiger partial charge in [-0.2, -0.15) is 0 Å². The molecule has 0 aliphatic carbocycles. The first kappa shape index (κ1) is 14.3. The van der Waals surface area contributed by atoms with Crippen molar-refractivity contribution in [3.63, 3.8) is 0 Å². The normalized spacial score (nSPS) is 10.9. The minimum atomic E-state index is -0.184. The summed E-state index contributed by atoms with van der Waals surface area (Å²) in [5.74, 6) is 0.397. The van der Waals surface area contributed by atoms with Crippen molar-refractivity contribution in [3.8, 4) is 0 Å². The van der Waals surface area contributed by atoms with E-state index in [9.17, 15) is 4.79 Å². The van der Waals surface area contributed by atoms with E-state index >= 15 is 0 Å². The summed E-state index contributed by atoms with van der Waals surface area (Å²) in [4.78, 5) is 21.5. The summed E-state index contributed by atoms with van der Waals surface area (Å²) in [6, 6.07) is 7.68. The van der Waals surface area contributed by atoms with Gasteiger partial charge in [0.05, 0.1) is 5.69 Å². The second-order valence-corrected chi connectivity index (χ2v) is 5.27. The number of hydrogen-bond donors (Lipinski definition) is 1. The maximum Gasteiger partial charge on any atom is 0.275 e. The quantitative estimate of drug-likeness (QED) is 0.807. The number of nitrogens with one attached hydrogen (secondary N) is 1. The molecule has 0 bridgehead atoms. The number of carbonyl (C=O) groups excluding carboxylic acids is 1. The molecule has 0 fully saturated rings. The molecule has 0 spiro atoms. The predicted octanol–water partition coefficient (Wildman–Crippen LogP) is 3.16. The standard InChI is InChI=1S/C17H18N4O/c1-4-13-14(21-10-6-8-12(3)16(21)19-13)17(22)20-15-11(2)7-5-9-18-15/h5-10H,4H2,1-3H3,(H,18,20,22). The third-order valence-electron chi connectivity index (χ3n) is 3.71. The van der Waals surface area contributed by atoms with Gasteiger partial charge in [-0.05, 0) is 43.5 Å². The Morgan fingerprint density at radius 1 is 1.23 bits per heavy atom. The first-order valence-corrected chi connectivity index (χ1v) is 7.31. The zero-order valence-electron chi connectivity index (χ0n) is 12.9. The van der Waals surface area contributed by atoms with Crippen molar-refractivity contribution < 1.29 is 4.79 Å². The Balaban J connectivity index is 2.07. The van der Waals surface area contributed by atoms with Crippen LogP contribution < -0.4 is 5.32 Å². The fourth-order valence-electron chi connectivity index (χ4n) is 2.52. The van der Waals surface area contributed by atoms with Gasteiger partial charge in [0.1, 0.15) is 17.2 Å². The van der Waals surface area contributed by atoms with Gasteiger partial charge in [-0.15, -0.1) is 0 Å². The van der Waals surface area contributed by atoms with Crippen LogP contribution in [0.1, 0.15) is 34.2 Å². The van der Waals surface area contributed by atoms with E-state index in [0.29, 0.717) is 17.9 Å². The van der Waals surface area contributed by atoms with Crippen molar-refractivity contribution in [1.29, 1.82) is 0 Å². The van der Waals surface area contributed by atoms with Crippen LogP contribution in [-0.4, -0.2) is 20.3 Å². The van der Waals surface area contributed by atoms with Crippen molar-refractivity contribution in [1.82, 2.24) is 14.4 Å². The molecule has 0 saturated heterocycles. The second-order valence-electron chi connectivity index (χ2n) is 5.27. The van der Waals surface area contributed by atoms with Gasteiger partial charge in [0.15, 0.2) is 0 Å². The van der Waals surface area contributed by atoms with E-state index in [-0.39, 0.29) is 5.91 Å². The Hall–Kier alpha value is -2.69. The lowest BCUT2D eigenvalue weighted by Crippen LogP contribution is -2.17. The average Bonchev–Trinajstić information content (AvgIpc) is 2.89. The Bertz CT molecular complexity index is 851. The van der Waals surface area contributed by atoms with Gasteiger partial charge >= 0.3 is 0 Å². The fourth-order valence-corrected chi connectivity index (χ4v) is 2.52. The number of fused-ring (bicyclic) bond motifs is 1. The lowest BCUT2D eigenvalue weighted by Gasteiger charge is -2.08. The van der Waals surface area contributed by atoms with Crippen LogP contribution >= 0.6 is 0 Å². The van der Waals surface area contributed by atoms with Gasteiger partial charge in [0, 0.05) is 12.4 Å². The highest BCUT2D eigenvalue weighted by molar-refractivity contribution is 6.04. The van der Waals surface area contributed by atoms with E-state index in [1.165, 1.54) is 0 Å². The number of carbonyl (C=O) groups is 1. The highest BCUT2D eigenvalue weighted by atomic mass is 16.2. The van der Waals surface area contributed by atoms with Crippen LogP contribution in [0.2, 0.25) is 0 Å². The molecule has 112 valence electrons. The highest BCUT2D eigenvalue weighted by Crippen LogP contribution is 2.18. The molecule has 22 heavy (non-hydrogen) atoms. The summed E-state index contributed by atoms with van der Waals surface area (Å²) in [5, 5.41) is 2.89. The van der Waals surface area contributed by atoms with Crippen LogP contribution in [0.15, 0.2) is 36.7 Å². The summed E-state index contributed by atoms with van der Waals surface area (Å²) >= 11 is 0. The minimum Gasteiger partial charge on any atom is -0.305 e. The predicted molar refractivity (Wildman–Crippen MR) is 86.2 cm³/mol. The Morgan fingerprint density at radius 2 is 2.00 bits per heavy atom. The lowest BCUT2D eigenvalue weighted by molar-refractivity contribution is 0.102. The molecule has 0 aliphatic heterocycles. The highest BCUT2D eigenvalue weighted by Gasteiger charge is 2.19. The number of aromatic nitrogens is 3. The van der Waals surface area contributed by atoms with Gasteiger partial charge in [-0.25, -0.2) is 9.97 Å². The van der Waals surface area contributed by atoms with Crippen molar-refractivity contribution in [2.45, 2.75) is 27.2 Å². The zero-order valence-corrected chi connectivity index (χ0v) is 12.9. The number of hydrogen-bond acceptors (Lipinski definition) is 3. The first-order chi connectivity index (χ1) is 10.6. The van der Waals surface area contributed by atoms with Crippen LogP contribution in [0, 0.1) is 13.8 Å². The number of aryl methyl sites for hydroxylation is 3. The van der Waals surface area contributed by atoms with Crippen LogP contribution in [0.25, 0.3) is 5.65 Å². The van der Waals surface area contributed by atoms with Gasteiger partial charge < -0.3 is 5.32 Å². The van der Waals surface area contributed by atoms with E-state index < -0.39 is 0 Å². The van der Waals surface area contributed by atoms with Gasteiger partial charge in [-0.3, -0.25) is 9.20 Å². The van der Waals surface area contributed by atoms with Crippen molar-refractivity contribution in [2.24, 2.45) is 0 Å². The molecule has 1 N–H and O–H groups in total. The summed E-state index contributed by atoms with van der Waals surface area (Å²) in [6.07, 6.45) is 4.24. The summed E-state index contributed by atoms with van der Waals surface area (Å²) in [6.45, 7) is 5.91. The number of nitrogens with zero attached hydrogens (tertiary/aromatic N) is 3. The molecular formula is C17H18N4O. The Kier molecular flexibility index (Phi) is 3.63.